The van der Waals surface area contributed by atoms with E-state index in [2.05, 4.69) is 5.32 Å². The summed E-state index contributed by atoms with van der Waals surface area (Å²) >= 11 is 0. The van der Waals surface area contributed by atoms with Gasteiger partial charge in [-0.15, -0.1) is 0 Å². The third-order valence-corrected chi connectivity index (χ3v) is 5.40. The van der Waals surface area contributed by atoms with E-state index in [1.807, 2.05) is 48.5 Å². The van der Waals surface area contributed by atoms with Crippen molar-refractivity contribution in [3.05, 3.63) is 94.5 Å². The molecule has 164 valence electrons. The van der Waals surface area contributed by atoms with Gasteiger partial charge < -0.3 is 15.2 Å². The fourth-order valence-corrected chi connectivity index (χ4v) is 3.95. The van der Waals surface area contributed by atoms with Gasteiger partial charge in [-0.2, -0.15) is 13.2 Å². The van der Waals surface area contributed by atoms with E-state index in [9.17, 15) is 22.8 Å². The van der Waals surface area contributed by atoms with Crippen molar-refractivity contribution in [2.45, 2.75) is 18.6 Å². The van der Waals surface area contributed by atoms with Crippen molar-refractivity contribution < 1.29 is 32.6 Å². The van der Waals surface area contributed by atoms with E-state index in [1.54, 1.807) is 0 Å². The van der Waals surface area contributed by atoms with Crippen LogP contribution in [0.2, 0.25) is 0 Å². The van der Waals surface area contributed by atoms with Crippen molar-refractivity contribution in [1.29, 1.82) is 0 Å². The second-order valence-electron chi connectivity index (χ2n) is 7.36. The lowest BCUT2D eigenvalue weighted by atomic mass is 9.98. The molecular formula is C24H18F3NO4. The summed E-state index contributed by atoms with van der Waals surface area (Å²) in [6.07, 6.45) is -5.53. The Balaban J connectivity index is 1.42. The average Bonchev–Trinajstić information content (AvgIpc) is 3.09. The fourth-order valence-electron chi connectivity index (χ4n) is 3.95. The van der Waals surface area contributed by atoms with Crippen molar-refractivity contribution in [2.24, 2.45) is 0 Å². The Kier molecular flexibility index (Phi) is 5.61. The molecule has 0 spiro atoms. The van der Waals surface area contributed by atoms with Crippen LogP contribution in [0, 0.1) is 0 Å². The Labute approximate surface area is 181 Å². The molecule has 4 rings (SSSR count). The number of hydrogen-bond acceptors (Lipinski definition) is 3. The Morgan fingerprint density at radius 2 is 1.53 bits per heavy atom. The van der Waals surface area contributed by atoms with Crippen molar-refractivity contribution in [3.8, 4) is 11.1 Å². The zero-order valence-electron chi connectivity index (χ0n) is 16.6. The van der Waals surface area contributed by atoms with Gasteiger partial charge in [-0.3, -0.25) is 0 Å². The maximum absolute atomic E-state index is 13.0. The van der Waals surface area contributed by atoms with Gasteiger partial charge in [0.1, 0.15) is 6.61 Å². The molecule has 0 bridgehead atoms. The van der Waals surface area contributed by atoms with Crippen LogP contribution in [0.1, 0.15) is 38.5 Å². The van der Waals surface area contributed by atoms with Crippen molar-refractivity contribution >= 4 is 12.1 Å². The monoisotopic (exact) mass is 441 g/mol. The van der Waals surface area contributed by atoms with E-state index in [-0.39, 0.29) is 24.6 Å². The number of alkyl halides is 3. The van der Waals surface area contributed by atoms with Crippen LogP contribution in [0.3, 0.4) is 0 Å². The summed E-state index contributed by atoms with van der Waals surface area (Å²) in [7, 11) is 0. The molecule has 2 N–H and O–H groups in total. The number of carbonyl (C=O) groups excluding carboxylic acids is 1. The van der Waals surface area contributed by atoms with E-state index >= 15 is 0 Å². The molecule has 0 heterocycles. The number of ether oxygens (including phenoxy) is 1. The highest BCUT2D eigenvalue weighted by atomic mass is 19.4. The van der Waals surface area contributed by atoms with Crippen molar-refractivity contribution in [1.82, 2.24) is 5.32 Å². The number of amides is 1. The molecule has 0 aromatic heterocycles. The minimum atomic E-state index is -4.79. The molecule has 3 aromatic rings. The fraction of sp³-hybridized carbons (Fsp3) is 0.167. The quantitative estimate of drug-likeness (QED) is 0.553. The molecule has 0 atom stereocenters. The summed E-state index contributed by atoms with van der Waals surface area (Å²) in [6.45, 7) is -0.0810. The van der Waals surface area contributed by atoms with E-state index in [4.69, 9.17) is 9.84 Å². The molecule has 3 aromatic carbocycles. The second kappa shape index (κ2) is 8.37. The van der Waals surface area contributed by atoms with Crippen LogP contribution in [-0.4, -0.2) is 23.8 Å². The lowest BCUT2D eigenvalue weighted by Crippen LogP contribution is -2.26. The minimum Gasteiger partial charge on any atom is -0.478 e. The number of carbonyl (C=O) groups is 2. The molecule has 0 unspecified atom stereocenters. The van der Waals surface area contributed by atoms with Gasteiger partial charge in [-0.25, -0.2) is 9.59 Å². The Hall–Kier alpha value is -3.81. The predicted molar refractivity (Wildman–Crippen MR) is 110 cm³/mol. The highest BCUT2D eigenvalue weighted by molar-refractivity contribution is 5.90. The van der Waals surface area contributed by atoms with Crippen LogP contribution in [0.15, 0.2) is 66.7 Å². The number of fused-ring (bicyclic) bond motifs is 3. The van der Waals surface area contributed by atoms with Gasteiger partial charge in [-0.1, -0.05) is 54.6 Å². The molecule has 0 saturated heterocycles. The second-order valence-corrected chi connectivity index (χ2v) is 7.36. The first-order valence-corrected chi connectivity index (χ1v) is 9.78. The summed E-state index contributed by atoms with van der Waals surface area (Å²) in [5.41, 5.74) is 2.37. The maximum atomic E-state index is 13.0. The maximum Gasteiger partial charge on any atom is 0.417 e. The number of aromatic carboxylic acids is 1. The van der Waals surface area contributed by atoms with Crippen LogP contribution in [0.5, 0.6) is 0 Å². The van der Waals surface area contributed by atoms with E-state index < -0.39 is 29.4 Å². The first-order chi connectivity index (χ1) is 15.3. The Morgan fingerprint density at radius 1 is 0.938 bits per heavy atom. The third-order valence-electron chi connectivity index (χ3n) is 5.40. The van der Waals surface area contributed by atoms with Gasteiger partial charge in [0.15, 0.2) is 0 Å². The molecular weight excluding hydrogens is 423 g/mol. The molecule has 0 radical (unpaired) electrons. The van der Waals surface area contributed by atoms with Gasteiger partial charge in [0.25, 0.3) is 0 Å². The molecule has 1 aliphatic carbocycles. The van der Waals surface area contributed by atoms with Crippen LogP contribution in [-0.2, 0) is 17.5 Å². The van der Waals surface area contributed by atoms with Gasteiger partial charge in [0.2, 0.25) is 0 Å². The zero-order chi connectivity index (χ0) is 22.9. The Bertz CT molecular complexity index is 1140. The number of halogens is 3. The standard InChI is InChI=1S/C24H18F3NO4/c25-24(26,27)21-10-9-14(11-19(21)22(29)30)12-28-23(31)32-13-20-17-7-3-1-5-15(17)16-6-2-4-8-18(16)20/h1-11,20H,12-13H2,(H,28,31)(H,29,30). The number of hydrogen-bond donors (Lipinski definition) is 2. The topological polar surface area (TPSA) is 75.6 Å². The highest BCUT2D eigenvalue weighted by Gasteiger charge is 2.35. The molecule has 1 amide bonds. The molecule has 1 aliphatic rings. The first-order valence-electron chi connectivity index (χ1n) is 9.78. The number of alkyl carbamates (subject to hydrolysis) is 1. The third kappa shape index (κ3) is 4.16. The number of benzene rings is 3. The summed E-state index contributed by atoms with van der Waals surface area (Å²) in [6, 6.07) is 18.4. The molecule has 0 saturated carbocycles. The molecule has 5 nitrogen and oxygen atoms in total. The molecule has 8 heteroatoms. The normalized spacial score (nSPS) is 12.7. The zero-order valence-corrected chi connectivity index (χ0v) is 16.6. The number of carboxylic acid groups (broad SMARTS) is 1. The molecule has 0 aliphatic heterocycles. The van der Waals surface area contributed by atoms with Crippen molar-refractivity contribution in [2.75, 3.05) is 6.61 Å². The number of nitrogens with one attached hydrogen (secondary N) is 1. The number of carboxylic acids is 1. The lowest BCUT2D eigenvalue weighted by Gasteiger charge is -2.15. The Morgan fingerprint density at radius 3 is 2.09 bits per heavy atom. The highest BCUT2D eigenvalue weighted by Crippen LogP contribution is 2.44. The van der Waals surface area contributed by atoms with E-state index in [0.717, 1.165) is 34.4 Å². The SMILES string of the molecule is O=C(NCc1ccc(C(F)(F)F)c(C(=O)O)c1)OCC1c2ccccc2-c2ccccc21. The van der Waals surface area contributed by atoms with E-state index in [0.29, 0.717) is 6.07 Å². The first kappa shape index (κ1) is 21.4. The minimum absolute atomic E-state index is 0.0905. The van der Waals surface area contributed by atoms with Gasteiger partial charge in [0, 0.05) is 12.5 Å². The van der Waals surface area contributed by atoms with Gasteiger partial charge in [-0.05, 0) is 39.9 Å². The number of rotatable bonds is 5. The summed E-state index contributed by atoms with van der Waals surface area (Å²) in [5, 5.41) is 11.5. The predicted octanol–water partition coefficient (Wildman–Crippen LogP) is 5.44. The lowest BCUT2D eigenvalue weighted by molar-refractivity contribution is -0.138. The average molecular weight is 441 g/mol. The van der Waals surface area contributed by atoms with Crippen LogP contribution < -0.4 is 5.32 Å². The summed E-state index contributed by atoms with van der Waals surface area (Å²) < 4.78 is 44.3. The molecule has 32 heavy (non-hydrogen) atoms. The van der Waals surface area contributed by atoms with Crippen LogP contribution in [0.25, 0.3) is 11.1 Å². The van der Waals surface area contributed by atoms with Gasteiger partial charge in [0.05, 0.1) is 11.1 Å². The summed E-state index contributed by atoms with van der Waals surface area (Å²) in [4.78, 5) is 23.4. The smallest absolute Gasteiger partial charge is 0.417 e. The largest absolute Gasteiger partial charge is 0.478 e. The van der Waals surface area contributed by atoms with Crippen LogP contribution in [0.4, 0.5) is 18.0 Å². The van der Waals surface area contributed by atoms with E-state index in [1.165, 1.54) is 0 Å². The van der Waals surface area contributed by atoms with Gasteiger partial charge >= 0.3 is 18.2 Å². The van der Waals surface area contributed by atoms with Crippen molar-refractivity contribution in [3.63, 3.8) is 0 Å². The molecule has 0 fully saturated rings. The van der Waals surface area contributed by atoms with Crippen LogP contribution >= 0.6 is 0 Å². The summed E-state index contributed by atoms with van der Waals surface area (Å²) in [5.74, 6) is -1.82.